The summed E-state index contributed by atoms with van der Waals surface area (Å²) in [6.45, 7) is 0. The predicted molar refractivity (Wildman–Crippen MR) is 31.9 cm³/mol. The summed E-state index contributed by atoms with van der Waals surface area (Å²) in [5.41, 5.74) is -1.12. The van der Waals surface area contributed by atoms with Gasteiger partial charge >= 0.3 is 6.18 Å². The molecule has 0 amide bonds. The molecule has 11 heavy (non-hydrogen) atoms. The Bertz CT molecular complexity index is 254. The summed E-state index contributed by atoms with van der Waals surface area (Å²) in [5.74, 6) is -0.792. The second-order valence-corrected chi connectivity index (χ2v) is 1.93. The molecule has 0 aliphatic heterocycles. The Labute approximate surface area is 61.1 Å². The van der Waals surface area contributed by atoms with Gasteiger partial charge in [0.25, 0.3) is 0 Å². The average Bonchev–Trinajstić information content (AvgIpc) is 1.86. The highest BCUT2D eigenvalue weighted by Gasteiger charge is 2.33. The number of phenols is 1. The fraction of sp³-hybridized carbons (Fsp3) is 0.143. The average molecular weight is 161 g/mol. The third kappa shape index (κ3) is 1.63. The largest absolute Gasteiger partial charge is 0.507 e. The summed E-state index contributed by atoms with van der Waals surface area (Å²) < 4.78 is 35.6. The van der Waals surface area contributed by atoms with E-state index in [4.69, 9.17) is 5.11 Å². The van der Waals surface area contributed by atoms with E-state index in [0.717, 1.165) is 12.1 Å². The fourth-order valence-corrected chi connectivity index (χ4v) is 0.655. The first-order chi connectivity index (χ1) is 5.02. The molecular weight excluding hydrogens is 157 g/mol. The highest BCUT2D eigenvalue weighted by Crippen LogP contribution is 2.34. The monoisotopic (exact) mass is 161 g/mol. The molecular formula is C7H4F3O. The van der Waals surface area contributed by atoms with E-state index in [2.05, 4.69) is 0 Å². The molecule has 59 valence electrons. The lowest BCUT2D eigenvalue weighted by atomic mass is 10.2. The summed E-state index contributed by atoms with van der Waals surface area (Å²) in [6, 6.07) is 5.26. The third-order valence-corrected chi connectivity index (χ3v) is 1.12. The highest BCUT2D eigenvalue weighted by molar-refractivity contribution is 5.32. The molecule has 0 saturated heterocycles. The van der Waals surface area contributed by atoms with Crippen molar-refractivity contribution >= 4 is 0 Å². The molecule has 0 aliphatic carbocycles. The normalized spacial score (nSPS) is 11.5. The lowest BCUT2D eigenvalue weighted by molar-refractivity contribution is -0.139. The smallest absolute Gasteiger partial charge is 0.420 e. The lowest BCUT2D eigenvalue weighted by Gasteiger charge is -2.06. The molecule has 1 N–H and O–H groups in total. The van der Waals surface area contributed by atoms with Crippen LogP contribution >= 0.6 is 0 Å². The molecule has 1 rings (SSSR count). The number of hydrogen-bond donors (Lipinski definition) is 1. The SMILES string of the molecule is Oc1ccc[c]c1C(F)(F)F. The lowest BCUT2D eigenvalue weighted by Crippen LogP contribution is -2.04. The fourth-order valence-electron chi connectivity index (χ4n) is 0.655. The van der Waals surface area contributed by atoms with Crippen LogP contribution in [0, 0.1) is 6.07 Å². The van der Waals surface area contributed by atoms with E-state index < -0.39 is 17.5 Å². The van der Waals surface area contributed by atoms with E-state index >= 15 is 0 Å². The van der Waals surface area contributed by atoms with Crippen LogP contribution in [0.4, 0.5) is 13.2 Å². The van der Waals surface area contributed by atoms with Crippen molar-refractivity contribution < 1.29 is 18.3 Å². The van der Waals surface area contributed by atoms with Gasteiger partial charge in [-0.25, -0.2) is 0 Å². The molecule has 1 aromatic carbocycles. The second-order valence-electron chi connectivity index (χ2n) is 1.93. The molecule has 1 aromatic rings. The first-order valence-electron chi connectivity index (χ1n) is 2.78. The third-order valence-electron chi connectivity index (χ3n) is 1.12. The summed E-state index contributed by atoms with van der Waals surface area (Å²) >= 11 is 0. The topological polar surface area (TPSA) is 20.2 Å². The van der Waals surface area contributed by atoms with E-state index in [1.807, 2.05) is 6.07 Å². The number of phenolic OH excluding ortho intramolecular Hbond substituents is 1. The van der Waals surface area contributed by atoms with Crippen molar-refractivity contribution in [2.45, 2.75) is 6.18 Å². The van der Waals surface area contributed by atoms with Gasteiger partial charge < -0.3 is 5.11 Å². The molecule has 1 radical (unpaired) electrons. The summed E-state index contributed by atoms with van der Waals surface area (Å²) in [7, 11) is 0. The maximum absolute atomic E-state index is 11.9. The maximum Gasteiger partial charge on any atom is 0.420 e. The Balaban J connectivity index is 3.14. The molecule has 0 bridgehead atoms. The van der Waals surface area contributed by atoms with Crippen molar-refractivity contribution in [2.24, 2.45) is 0 Å². The summed E-state index contributed by atoms with van der Waals surface area (Å²) in [4.78, 5) is 0. The molecule has 0 heterocycles. The molecule has 0 aliphatic rings. The van der Waals surface area contributed by atoms with Gasteiger partial charge in [0.05, 0.1) is 0 Å². The molecule has 4 heteroatoms. The minimum Gasteiger partial charge on any atom is -0.507 e. The van der Waals surface area contributed by atoms with Crippen LogP contribution in [0.25, 0.3) is 0 Å². The molecule has 0 unspecified atom stereocenters. The Kier molecular flexibility index (Phi) is 1.76. The number of aromatic hydroxyl groups is 1. The molecule has 0 saturated carbocycles. The number of alkyl halides is 3. The van der Waals surface area contributed by atoms with E-state index in [-0.39, 0.29) is 0 Å². The summed E-state index contributed by atoms with van der Waals surface area (Å²) in [5, 5.41) is 8.69. The zero-order valence-corrected chi connectivity index (χ0v) is 5.31. The van der Waals surface area contributed by atoms with Gasteiger partial charge in [-0.05, 0) is 12.1 Å². The van der Waals surface area contributed by atoms with Gasteiger partial charge in [0.1, 0.15) is 11.3 Å². The van der Waals surface area contributed by atoms with Crippen LogP contribution < -0.4 is 0 Å². The van der Waals surface area contributed by atoms with Crippen molar-refractivity contribution in [3.8, 4) is 5.75 Å². The molecule has 0 fully saturated rings. The van der Waals surface area contributed by atoms with Gasteiger partial charge in [-0.3, -0.25) is 0 Å². The van der Waals surface area contributed by atoms with E-state index in [1.54, 1.807) is 0 Å². The van der Waals surface area contributed by atoms with Crippen molar-refractivity contribution in [1.82, 2.24) is 0 Å². The van der Waals surface area contributed by atoms with Crippen molar-refractivity contribution in [3.05, 3.63) is 29.8 Å². The number of hydrogen-bond acceptors (Lipinski definition) is 1. The second kappa shape index (κ2) is 2.45. The van der Waals surface area contributed by atoms with Crippen LogP contribution in [0.15, 0.2) is 18.2 Å². The van der Waals surface area contributed by atoms with Crippen LogP contribution in [0.5, 0.6) is 5.75 Å². The standard InChI is InChI=1S/C7H4F3O/c8-7(9,10)5-3-1-2-4-6(5)11/h1-2,4,11H. The Morgan fingerprint density at radius 1 is 1.36 bits per heavy atom. The van der Waals surface area contributed by atoms with Gasteiger partial charge in [0.2, 0.25) is 0 Å². The van der Waals surface area contributed by atoms with Gasteiger partial charge in [-0.2, -0.15) is 13.2 Å². The number of benzene rings is 1. The van der Waals surface area contributed by atoms with Crippen LogP contribution in [-0.4, -0.2) is 5.11 Å². The van der Waals surface area contributed by atoms with Crippen LogP contribution in [0.1, 0.15) is 5.56 Å². The quantitative estimate of drug-likeness (QED) is 0.618. The Hall–Kier alpha value is -1.19. The predicted octanol–water partition coefficient (Wildman–Crippen LogP) is 2.21. The van der Waals surface area contributed by atoms with Gasteiger partial charge in [0, 0.05) is 0 Å². The van der Waals surface area contributed by atoms with Crippen molar-refractivity contribution in [2.75, 3.05) is 0 Å². The minimum atomic E-state index is -4.52. The Morgan fingerprint density at radius 3 is 2.36 bits per heavy atom. The first kappa shape index (κ1) is 7.91. The number of halogens is 3. The van der Waals surface area contributed by atoms with Crippen molar-refractivity contribution in [1.29, 1.82) is 0 Å². The van der Waals surface area contributed by atoms with Crippen LogP contribution in [-0.2, 0) is 6.18 Å². The molecule has 0 spiro atoms. The van der Waals surface area contributed by atoms with E-state index in [9.17, 15) is 13.2 Å². The van der Waals surface area contributed by atoms with E-state index in [1.165, 1.54) is 6.07 Å². The summed E-state index contributed by atoms with van der Waals surface area (Å²) in [6.07, 6.45) is -4.52. The molecule has 0 atom stereocenters. The van der Waals surface area contributed by atoms with E-state index in [0.29, 0.717) is 0 Å². The van der Waals surface area contributed by atoms with Gasteiger partial charge in [0.15, 0.2) is 0 Å². The zero-order valence-electron chi connectivity index (χ0n) is 5.31. The number of rotatable bonds is 0. The molecule has 1 nitrogen and oxygen atoms in total. The maximum atomic E-state index is 11.9. The first-order valence-corrected chi connectivity index (χ1v) is 2.78. The highest BCUT2D eigenvalue weighted by atomic mass is 19.4. The minimum absolute atomic E-state index is 0.792. The van der Waals surface area contributed by atoms with Crippen molar-refractivity contribution in [3.63, 3.8) is 0 Å². The van der Waals surface area contributed by atoms with Gasteiger partial charge in [-0.15, -0.1) is 0 Å². The molecule has 0 aromatic heterocycles. The van der Waals surface area contributed by atoms with Crippen LogP contribution in [0.2, 0.25) is 0 Å². The zero-order chi connectivity index (χ0) is 8.48. The Morgan fingerprint density at radius 2 is 2.00 bits per heavy atom. The van der Waals surface area contributed by atoms with Crippen LogP contribution in [0.3, 0.4) is 0 Å². The van der Waals surface area contributed by atoms with Gasteiger partial charge in [-0.1, -0.05) is 12.1 Å².